The number of aryl methyl sites for hydroxylation is 2. The van der Waals surface area contributed by atoms with Crippen LogP contribution in [0.1, 0.15) is 31.0 Å². The molecule has 0 aliphatic rings. The average molecular weight is 308 g/mol. The molecule has 3 nitrogen and oxygen atoms in total. The first-order valence-electron chi connectivity index (χ1n) is 6.15. The molecule has 0 spiro atoms. The Morgan fingerprint density at radius 3 is 2.89 bits per heavy atom. The number of benzene rings is 1. The highest BCUT2D eigenvalue weighted by Gasteiger charge is 2.10. The highest BCUT2D eigenvalue weighted by molar-refractivity contribution is 9.10. The van der Waals surface area contributed by atoms with Gasteiger partial charge in [0, 0.05) is 28.5 Å². The maximum atomic E-state index is 4.30. The van der Waals surface area contributed by atoms with Crippen LogP contribution in [-0.4, -0.2) is 9.78 Å². The number of rotatable bonds is 4. The zero-order valence-corrected chi connectivity index (χ0v) is 12.5. The van der Waals surface area contributed by atoms with Gasteiger partial charge in [-0.1, -0.05) is 12.1 Å². The van der Waals surface area contributed by atoms with E-state index in [0.717, 1.165) is 16.7 Å². The maximum Gasteiger partial charge on any atom is 0.0542 e. The zero-order valence-electron chi connectivity index (χ0n) is 10.9. The van der Waals surface area contributed by atoms with E-state index in [9.17, 15) is 0 Å². The Morgan fingerprint density at radius 1 is 1.44 bits per heavy atom. The molecule has 1 unspecified atom stereocenters. The second-order valence-electron chi connectivity index (χ2n) is 4.43. The van der Waals surface area contributed by atoms with Crippen LogP contribution in [0.4, 0.5) is 5.69 Å². The minimum atomic E-state index is 0.239. The monoisotopic (exact) mass is 307 g/mol. The molecule has 18 heavy (non-hydrogen) atoms. The van der Waals surface area contributed by atoms with Crippen molar-refractivity contribution in [3.63, 3.8) is 0 Å². The number of nitrogens with zero attached hydrogens (tertiary/aromatic N) is 2. The predicted octanol–water partition coefficient (Wildman–Crippen LogP) is 4.15. The summed E-state index contributed by atoms with van der Waals surface area (Å²) in [6.45, 7) is 7.23. The lowest BCUT2D eigenvalue weighted by Crippen LogP contribution is -2.06. The fraction of sp³-hybridized carbons (Fsp3) is 0.357. The van der Waals surface area contributed by atoms with E-state index in [4.69, 9.17) is 0 Å². The fourth-order valence-electron chi connectivity index (χ4n) is 1.85. The van der Waals surface area contributed by atoms with Gasteiger partial charge in [-0.25, -0.2) is 0 Å². The van der Waals surface area contributed by atoms with Crippen molar-refractivity contribution in [2.24, 2.45) is 0 Å². The van der Waals surface area contributed by atoms with E-state index >= 15 is 0 Å². The van der Waals surface area contributed by atoms with Crippen LogP contribution in [-0.2, 0) is 6.54 Å². The molecule has 0 radical (unpaired) electrons. The molecule has 0 bridgehead atoms. The Bertz CT molecular complexity index is 534. The summed E-state index contributed by atoms with van der Waals surface area (Å²) in [5.74, 6) is 0. The average Bonchev–Trinajstić information content (AvgIpc) is 2.83. The Morgan fingerprint density at radius 2 is 2.22 bits per heavy atom. The van der Waals surface area contributed by atoms with Crippen molar-refractivity contribution in [2.45, 2.75) is 33.4 Å². The molecule has 1 N–H and O–H groups in total. The van der Waals surface area contributed by atoms with Gasteiger partial charge < -0.3 is 5.32 Å². The second kappa shape index (κ2) is 5.57. The van der Waals surface area contributed by atoms with E-state index in [0.29, 0.717) is 0 Å². The maximum absolute atomic E-state index is 4.30. The van der Waals surface area contributed by atoms with E-state index in [1.807, 2.05) is 10.9 Å². The molecule has 0 saturated carbocycles. The van der Waals surface area contributed by atoms with Crippen LogP contribution in [0.3, 0.4) is 0 Å². The molecule has 1 atom stereocenters. The first kappa shape index (κ1) is 13.1. The van der Waals surface area contributed by atoms with E-state index < -0.39 is 0 Å². The molecule has 2 aromatic rings. The summed E-state index contributed by atoms with van der Waals surface area (Å²) in [6, 6.07) is 6.47. The summed E-state index contributed by atoms with van der Waals surface area (Å²) in [5.41, 5.74) is 3.55. The SMILES string of the molecule is CCn1cc(C(C)Nc2cccc(C)c2Br)cn1. The number of nitrogens with one attached hydrogen (secondary N) is 1. The Kier molecular flexibility index (Phi) is 4.07. The standard InChI is InChI=1S/C14H18BrN3/c1-4-18-9-12(8-16-18)11(3)17-13-7-5-6-10(2)14(13)15/h5-9,11,17H,4H2,1-3H3. The predicted molar refractivity (Wildman–Crippen MR) is 78.8 cm³/mol. The minimum absolute atomic E-state index is 0.239. The molecule has 1 aromatic carbocycles. The molecule has 2 rings (SSSR count). The zero-order chi connectivity index (χ0) is 13.1. The van der Waals surface area contributed by atoms with Gasteiger partial charge in [-0.15, -0.1) is 0 Å². The van der Waals surface area contributed by atoms with Crippen LogP contribution in [0.15, 0.2) is 35.1 Å². The third kappa shape index (κ3) is 2.75. The van der Waals surface area contributed by atoms with Crippen LogP contribution in [0.2, 0.25) is 0 Å². The largest absolute Gasteiger partial charge is 0.377 e. The summed E-state index contributed by atoms with van der Waals surface area (Å²) in [5, 5.41) is 7.81. The lowest BCUT2D eigenvalue weighted by molar-refractivity contribution is 0.658. The van der Waals surface area contributed by atoms with E-state index in [1.54, 1.807) is 0 Å². The van der Waals surface area contributed by atoms with Gasteiger partial charge in [0.1, 0.15) is 0 Å². The Hall–Kier alpha value is -1.29. The molecule has 1 heterocycles. The van der Waals surface area contributed by atoms with Gasteiger partial charge in [-0.3, -0.25) is 4.68 Å². The van der Waals surface area contributed by atoms with Gasteiger partial charge in [-0.05, 0) is 48.3 Å². The van der Waals surface area contributed by atoms with Crippen LogP contribution in [0.5, 0.6) is 0 Å². The highest BCUT2D eigenvalue weighted by atomic mass is 79.9. The van der Waals surface area contributed by atoms with Gasteiger partial charge in [0.25, 0.3) is 0 Å². The third-order valence-electron chi connectivity index (χ3n) is 3.04. The lowest BCUT2D eigenvalue weighted by Gasteiger charge is -2.16. The van der Waals surface area contributed by atoms with Gasteiger partial charge in [0.15, 0.2) is 0 Å². The molecule has 0 fully saturated rings. The van der Waals surface area contributed by atoms with Crippen LogP contribution >= 0.6 is 15.9 Å². The molecule has 0 amide bonds. The quantitative estimate of drug-likeness (QED) is 0.919. The Labute approximate surface area is 116 Å². The normalized spacial score (nSPS) is 12.4. The summed E-state index contributed by atoms with van der Waals surface area (Å²) < 4.78 is 3.07. The summed E-state index contributed by atoms with van der Waals surface area (Å²) in [6.07, 6.45) is 4.01. The summed E-state index contributed by atoms with van der Waals surface area (Å²) >= 11 is 3.62. The van der Waals surface area contributed by atoms with E-state index in [1.165, 1.54) is 11.1 Å². The highest BCUT2D eigenvalue weighted by Crippen LogP contribution is 2.28. The minimum Gasteiger partial charge on any atom is -0.377 e. The van der Waals surface area contributed by atoms with Crippen LogP contribution < -0.4 is 5.32 Å². The number of aromatic nitrogens is 2. The van der Waals surface area contributed by atoms with E-state index in [2.05, 4.69) is 71.5 Å². The second-order valence-corrected chi connectivity index (χ2v) is 5.22. The van der Waals surface area contributed by atoms with Crippen molar-refractivity contribution < 1.29 is 0 Å². The molecule has 0 aliphatic heterocycles. The number of anilines is 1. The van der Waals surface area contributed by atoms with Crippen molar-refractivity contribution in [3.8, 4) is 0 Å². The smallest absolute Gasteiger partial charge is 0.0542 e. The van der Waals surface area contributed by atoms with Crippen molar-refractivity contribution in [1.29, 1.82) is 0 Å². The van der Waals surface area contributed by atoms with Crippen molar-refractivity contribution in [3.05, 3.63) is 46.2 Å². The lowest BCUT2D eigenvalue weighted by atomic mass is 10.1. The molecule has 4 heteroatoms. The molecular weight excluding hydrogens is 290 g/mol. The van der Waals surface area contributed by atoms with Crippen LogP contribution in [0, 0.1) is 6.92 Å². The fourth-order valence-corrected chi connectivity index (χ4v) is 2.23. The van der Waals surface area contributed by atoms with Crippen molar-refractivity contribution in [2.75, 3.05) is 5.32 Å². The van der Waals surface area contributed by atoms with Gasteiger partial charge in [0.2, 0.25) is 0 Å². The van der Waals surface area contributed by atoms with Gasteiger partial charge >= 0.3 is 0 Å². The van der Waals surface area contributed by atoms with E-state index in [-0.39, 0.29) is 6.04 Å². The number of hydrogen-bond acceptors (Lipinski definition) is 2. The van der Waals surface area contributed by atoms with Gasteiger partial charge in [0.05, 0.1) is 12.2 Å². The first-order valence-corrected chi connectivity index (χ1v) is 6.95. The molecule has 0 aliphatic carbocycles. The van der Waals surface area contributed by atoms with Crippen LogP contribution in [0.25, 0.3) is 0 Å². The van der Waals surface area contributed by atoms with Gasteiger partial charge in [-0.2, -0.15) is 5.10 Å². The van der Waals surface area contributed by atoms with Crippen molar-refractivity contribution in [1.82, 2.24) is 9.78 Å². The number of hydrogen-bond donors (Lipinski definition) is 1. The number of halogens is 1. The molecule has 96 valence electrons. The third-order valence-corrected chi connectivity index (χ3v) is 4.09. The Balaban J connectivity index is 2.15. The first-order chi connectivity index (χ1) is 8.61. The summed E-state index contributed by atoms with van der Waals surface area (Å²) in [4.78, 5) is 0. The summed E-state index contributed by atoms with van der Waals surface area (Å²) in [7, 11) is 0. The molecule has 1 aromatic heterocycles. The molecule has 0 saturated heterocycles. The van der Waals surface area contributed by atoms with Crippen molar-refractivity contribution >= 4 is 21.6 Å². The molecular formula is C14H18BrN3. The topological polar surface area (TPSA) is 29.9 Å².